The van der Waals surface area contributed by atoms with E-state index in [1.54, 1.807) is 0 Å². The fourth-order valence-electron chi connectivity index (χ4n) is 1.93. The maximum absolute atomic E-state index is 13.3. The molecule has 8 nitrogen and oxygen atoms in total. The van der Waals surface area contributed by atoms with E-state index in [0.29, 0.717) is 29.8 Å². The summed E-state index contributed by atoms with van der Waals surface area (Å²) in [6, 6.07) is 3.40. The van der Waals surface area contributed by atoms with E-state index in [1.807, 2.05) is 0 Å². The Morgan fingerprint density at radius 2 is 2.26 bits per heavy atom. The maximum Gasteiger partial charge on any atom is 0.340 e. The SMILES string of the molecule is O=C(NCc1n[nH]c(=O)[nH]1)Nc1ccc(F)cc1OCC1CC1. The van der Waals surface area contributed by atoms with Crippen LogP contribution in [-0.4, -0.2) is 27.8 Å². The standard InChI is InChI=1S/C14H16FN5O3/c15-9-3-4-10(11(5-9)23-7-8-1-2-8)17-13(21)16-6-12-18-14(22)20-19-12/h3-5,8H,1-2,6-7H2,(H2,16,17,21)(H2,18,19,20,22). The third kappa shape index (κ3) is 4.31. The number of rotatable bonds is 6. The highest BCUT2D eigenvalue weighted by Gasteiger charge is 2.22. The predicted molar refractivity (Wildman–Crippen MR) is 79.7 cm³/mol. The molecule has 2 aromatic rings. The number of halogens is 1. The molecule has 23 heavy (non-hydrogen) atoms. The Hall–Kier alpha value is -2.84. The van der Waals surface area contributed by atoms with Crippen LogP contribution in [0, 0.1) is 11.7 Å². The molecular weight excluding hydrogens is 305 g/mol. The lowest BCUT2D eigenvalue weighted by atomic mass is 10.3. The van der Waals surface area contributed by atoms with Crippen LogP contribution in [0.15, 0.2) is 23.0 Å². The molecular formula is C14H16FN5O3. The van der Waals surface area contributed by atoms with Gasteiger partial charge in [0.05, 0.1) is 18.8 Å². The first-order chi connectivity index (χ1) is 11.1. The van der Waals surface area contributed by atoms with Crippen molar-refractivity contribution >= 4 is 11.7 Å². The van der Waals surface area contributed by atoms with Gasteiger partial charge in [0.1, 0.15) is 17.4 Å². The summed E-state index contributed by atoms with van der Waals surface area (Å²) in [6.45, 7) is 0.554. The number of carbonyl (C=O) groups is 1. The molecule has 1 saturated carbocycles. The number of hydrogen-bond donors (Lipinski definition) is 4. The number of H-pyrrole nitrogens is 2. The zero-order valence-electron chi connectivity index (χ0n) is 12.2. The van der Waals surface area contributed by atoms with Gasteiger partial charge in [0.25, 0.3) is 0 Å². The van der Waals surface area contributed by atoms with Crippen LogP contribution in [-0.2, 0) is 6.54 Å². The Labute approximate surface area is 130 Å². The molecule has 4 N–H and O–H groups in total. The number of anilines is 1. The van der Waals surface area contributed by atoms with E-state index in [1.165, 1.54) is 18.2 Å². The summed E-state index contributed by atoms with van der Waals surface area (Å²) in [7, 11) is 0. The molecule has 0 bridgehead atoms. The van der Waals surface area contributed by atoms with E-state index < -0.39 is 17.5 Å². The van der Waals surface area contributed by atoms with Gasteiger partial charge in [0.15, 0.2) is 0 Å². The second kappa shape index (κ2) is 6.51. The lowest BCUT2D eigenvalue weighted by Crippen LogP contribution is -2.29. The number of benzene rings is 1. The van der Waals surface area contributed by atoms with Crippen LogP contribution in [0.3, 0.4) is 0 Å². The number of ether oxygens (including phenoxy) is 1. The molecule has 1 aliphatic rings. The molecule has 3 rings (SSSR count). The van der Waals surface area contributed by atoms with Gasteiger partial charge in [-0.05, 0) is 30.9 Å². The zero-order valence-corrected chi connectivity index (χ0v) is 12.2. The van der Waals surface area contributed by atoms with Crippen LogP contribution in [0.4, 0.5) is 14.9 Å². The van der Waals surface area contributed by atoms with Crippen molar-refractivity contribution < 1.29 is 13.9 Å². The number of carbonyl (C=O) groups excluding carboxylic acids is 1. The summed E-state index contributed by atoms with van der Waals surface area (Å²) in [5.74, 6) is 0.668. The summed E-state index contributed by atoms with van der Waals surface area (Å²) in [4.78, 5) is 25.2. The Kier molecular flexibility index (Phi) is 4.26. The van der Waals surface area contributed by atoms with Gasteiger partial charge in [-0.3, -0.25) is 4.98 Å². The second-order valence-electron chi connectivity index (χ2n) is 5.33. The quantitative estimate of drug-likeness (QED) is 0.643. The van der Waals surface area contributed by atoms with Gasteiger partial charge in [-0.2, -0.15) is 5.10 Å². The molecule has 0 aliphatic heterocycles. The number of hydrogen-bond acceptors (Lipinski definition) is 4. The third-order valence-corrected chi connectivity index (χ3v) is 3.33. The summed E-state index contributed by atoms with van der Waals surface area (Å²) in [5, 5.41) is 11.0. The van der Waals surface area contributed by atoms with Crippen LogP contribution in [0.1, 0.15) is 18.7 Å². The highest BCUT2D eigenvalue weighted by Crippen LogP contribution is 2.32. The predicted octanol–water partition coefficient (Wildman–Crippen LogP) is 1.35. The molecule has 0 atom stereocenters. The maximum atomic E-state index is 13.3. The molecule has 0 radical (unpaired) electrons. The molecule has 0 unspecified atom stereocenters. The minimum Gasteiger partial charge on any atom is -0.491 e. The van der Waals surface area contributed by atoms with Crippen molar-refractivity contribution in [3.8, 4) is 5.75 Å². The van der Waals surface area contributed by atoms with Crippen LogP contribution < -0.4 is 21.1 Å². The number of urea groups is 1. The molecule has 9 heteroatoms. The minimum atomic E-state index is -0.517. The number of nitrogens with zero attached hydrogens (tertiary/aromatic N) is 1. The summed E-state index contributed by atoms with van der Waals surface area (Å²) < 4.78 is 18.9. The zero-order chi connectivity index (χ0) is 16.2. The molecule has 0 saturated heterocycles. The Morgan fingerprint density at radius 3 is 2.96 bits per heavy atom. The van der Waals surface area contributed by atoms with Gasteiger partial charge in [-0.15, -0.1) is 0 Å². The first-order valence-corrected chi connectivity index (χ1v) is 7.21. The van der Waals surface area contributed by atoms with Crippen molar-refractivity contribution in [1.82, 2.24) is 20.5 Å². The molecule has 122 valence electrons. The topological polar surface area (TPSA) is 112 Å². The fourth-order valence-corrected chi connectivity index (χ4v) is 1.93. The van der Waals surface area contributed by atoms with Gasteiger partial charge < -0.3 is 15.4 Å². The highest BCUT2D eigenvalue weighted by atomic mass is 19.1. The van der Waals surface area contributed by atoms with Gasteiger partial charge in [0.2, 0.25) is 0 Å². The smallest absolute Gasteiger partial charge is 0.340 e. The van der Waals surface area contributed by atoms with Gasteiger partial charge in [0, 0.05) is 6.07 Å². The number of nitrogens with one attached hydrogen (secondary N) is 4. The van der Waals surface area contributed by atoms with E-state index in [0.717, 1.165) is 12.8 Å². The van der Waals surface area contributed by atoms with E-state index in [-0.39, 0.29) is 6.54 Å². The van der Waals surface area contributed by atoms with E-state index >= 15 is 0 Å². The average molecular weight is 321 g/mol. The third-order valence-electron chi connectivity index (χ3n) is 3.33. The first kappa shape index (κ1) is 15.1. The molecule has 1 aliphatic carbocycles. The molecule has 0 spiro atoms. The van der Waals surface area contributed by atoms with Crippen molar-refractivity contribution in [3.63, 3.8) is 0 Å². The Balaban J connectivity index is 1.58. The molecule has 1 aromatic heterocycles. The highest BCUT2D eigenvalue weighted by molar-refractivity contribution is 5.90. The van der Waals surface area contributed by atoms with Gasteiger partial charge >= 0.3 is 11.7 Å². The number of amides is 2. The van der Waals surface area contributed by atoms with Crippen molar-refractivity contribution in [2.45, 2.75) is 19.4 Å². The summed E-state index contributed by atoms with van der Waals surface area (Å²) in [6.07, 6.45) is 2.22. The molecule has 2 amide bonds. The number of aromatic nitrogens is 3. The Bertz CT molecular complexity index is 753. The van der Waals surface area contributed by atoms with E-state index in [9.17, 15) is 14.0 Å². The number of aromatic amines is 2. The molecule has 1 heterocycles. The van der Waals surface area contributed by atoms with Gasteiger partial charge in [-0.25, -0.2) is 19.1 Å². The fraction of sp³-hybridized carbons (Fsp3) is 0.357. The van der Waals surface area contributed by atoms with Crippen molar-refractivity contribution in [2.75, 3.05) is 11.9 Å². The average Bonchev–Trinajstić information content (AvgIpc) is 3.26. The largest absolute Gasteiger partial charge is 0.491 e. The lowest BCUT2D eigenvalue weighted by molar-refractivity contribution is 0.251. The normalized spacial score (nSPS) is 13.6. The second-order valence-corrected chi connectivity index (χ2v) is 5.33. The van der Waals surface area contributed by atoms with Crippen molar-refractivity contribution in [2.24, 2.45) is 5.92 Å². The lowest BCUT2D eigenvalue weighted by Gasteiger charge is -2.12. The first-order valence-electron chi connectivity index (χ1n) is 7.21. The van der Waals surface area contributed by atoms with Crippen LogP contribution in [0.5, 0.6) is 5.75 Å². The van der Waals surface area contributed by atoms with E-state index in [4.69, 9.17) is 4.74 Å². The minimum absolute atomic E-state index is 0.0457. The summed E-state index contributed by atoms with van der Waals surface area (Å²) in [5.41, 5.74) is -0.0726. The Morgan fingerprint density at radius 1 is 1.43 bits per heavy atom. The monoisotopic (exact) mass is 321 g/mol. The summed E-state index contributed by atoms with van der Waals surface area (Å²) >= 11 is 0. The molecule has 1 aromatic carbocycles. The van der Waals surface area contributed by atoms with Crippen molar-refractivity contribution in [1.29, 1.82) is 0 Å². The van der Waals surface area contributed by atoms with E-state index in [2.05, 4.69) is 25.8 Å². The van der Waals surface area contributed by atoms with Crippen LogP contribution in [0.2, 0.25) is 0 Å². The van der Waals surface area contributed by atoms with Crippen molar-refractivity contribution in [3.05, 3.63) is 40.3 Å². The van der Waals surface area contributed by atoms with Gasteiger partial charge in [-0.1, -0.05) is 0 Å². The van der Waals surface area contributed by atoms with Crippen LogP contribution >= 0.6 is 0 Å². The van der Waals surface area contributed by atoms with Crippen LogP contribution in [0.25, 0.3) is 0 Å². The molecule has 1 fully saturated rings.